The number of allylic oxidation sites excluding steroid dienone is 1. The van der Waals surface area contributed by atoms with Crippen molar-refractivity contribution in [2.45, 2.75) is 85.1 Å². The lowest BCUT2D eigenvalue weighted by Gasteiger charge is -2.28. The van der Waals surface area contributed by atoms with Gasteiger partial charge in [0.2, 0.25) is 5.91 Å². The van der Waals surface area contributed by atoms with Crippen LogP contribution in [0.1, 0.15) is 87.5 Å². The second kappa shape index (κ2) is 11.6. The Hall–Kier alpha value is -2.75. The van der Waals surface area contributed by atoms with E-state index in [0.717, 1.165) is 84.8 Å². The maximum atomic E-state index is 13.2. The zero-order chi connectivity index (χ0) is 24.8. The van der Waals surface area contributed by atoms with E-state index in [-0.39, 0.29) is 23.3 Å². The molecule has 34 heavy (non-hydrogen) atoms. The third-order valence-electron chi connectivity index (χ3n) is 7.16. The lowest BCUT2D eigenvalue weighted by Crippen LogP contribution is -2.33. The topological polar surface area (TPSA) is 60.8 Å². The van der Waals surface area contributed by atoms with Crippen molar-refractivity contribution in [3.8, 4) is 22.6 Å². The molecule has 184 valence electrons. The van der Waals surface area contributed by atoms with E-state index in [4.69, 9.17) is 0 Å². The number of carbonyl (C=O) groups is 1. The molecule has 4 nitrogen and oxygen atoms in total. The second-order valence-electron chi connectivity index (χ2n) is 10.1. The average Bonchev–Trinajstić information content (AvgIpc) is 2.81. The van der Waals surface area contributed by atoms with Gasteiger partial charge >= 0.3 is 0 Å². The first-order chi connectivity index (χ1) is 16.2. The molecule has 0 atom stereocenters. The fourth-order valence-corrected chi connectivity index (χ4v) is 5.19. The van der Waals surface area contributed by atoms with Crippen molar-refractivity contribution < 1.29 is 15.0 Å². The number of phenolic OH excluding ortho intramolecular Hbond substituents is 2. The molecule has 0 unspecified atom stereocenters. The molecular formula is C30H41NO3. The van der Waals surface area contributed by atoms with E-state index in [9.17, 15) is 15.0 Å². The second-order valence-corrected chi connectivity index (χ2v) is 10.1. The fraction of sp³-hybridized carbons (Fsp3) is 0.500. The highest BCUT2D eigenvalue weighted by Crippen LogP contribution is 2.45. The maximum absolute atomic E-state index is 13.2. The number of aromatic hydroxyl groups is 2. The summed E-state index contributed by atoms with van der Waals surface area (Å²) >= 11 is 0. The third-order valence-corrected chi connectivity index (χ3v) is 7.16. The Morgan fingerprint density at radius 2 is 1.82 bits per heavy atom. The number of rotatable bonds is 9. The minimum absolute atomic E-state index is 0.0714. The van der Waals surface area contributed by atoms with Crippen LogP contribution in [-0.4, -0.2) is 28.1 Å². The van der Waals surface area contributed by atoms with Gasteiger partial charge in [-0.2, -0.15) is 0 Å². The Bertz CT molecular complexity index is 1030. The van der Waals surface area contributed by atoms with Gasteiger partial charge in [-0.1, -0.05) is 74.9 Å². The number of amides is 1. The van der Waals surface area contributed by atoms with E-state index in [1.807, 2.05) is 39.1 Å². The summed E-state index contributed by atoms with van der Waals surface area (Å²) in [5.41, 5.74) is 5.65. The Morgan fingerprint density at radius 1 is 1.12 bits per heavy atom. The number of phenols is 2. The normalized spacial score (nSPS) is 14.2. The molecule has 1 aliphatic rings. The number of benzene rings is 2. The van der Waals surface area contributed by atoms with Crippen LogP contribution in [0.15, 0.2) is 30.8 Å². The van der Waals surface area contributed by atoms with Crippen LogP contribution in [0.2, 0.25) is 0 Å². The number of carbonyl (C=O) groups excluding carboxylic acids is 1. The van der Waals surface area contributed by atoms with Gasteiger partial charge in [0.25, 0.3) is 0 Å². The quantitative estimate of drug-likeness (QED) is 0.381. The standard InChI is InChI=1S/C30H41NO3/c1-6-7-9-14-23-18-27(32)28(25-17-21(4)15-16-24(25)20(2)3)29(33)26(23)19-31(5)30(34)22-12-10-8-11-13-22/h15-18,22,32-33H,2,6-14,19H2,1,3-5H3. The molecule has 1 amide bonds. The van der Waals surface area contributed by atoms with Gasteiger partial charge in [0.1, 0.15) is 11.5 Å². The van der Waals surface area contributed by atoms with Crippen LogP contribution >= 0.6 is 0 Å². The van der Waals surface area contributed by atoms with Gasteiger partial charge in [0.15, 0.2) is 0 Å². The van der Waals surface area contributed by atoms with E-state index in [0.29, 0.717) is 12.1 Å². The summed E-state index contributed by atoms with van der Waals surface area (Å²) in [5, 5.41) is 22.7. The van der Waals surface area contributed by atoms with Crippen molar-refractivity contribution >= 4 is 11.5 Å². The summed E-state index contributed by atoms with van der Waals surface area (Å²) < 4.78 is 0. The highest BCUT2D eigenvalue weighted by molar-refractivity contribution is 5.87. The first kappa shape index (κ1) is 25.9. The number of nitrogens with zero attached hydrogens (tertiary/aromatic N) is 1. The lowest BCUT2D eigenvalue weighted by atomic mass is 9.87. The average molecular weight is 464 g/mol. The molecule has 2 aromatic rings. The van der Waals surface area contributed by atoms with Crippen LogP contribution in [0, 0.1) is 12.8 Å². The predicted molar refractivity (Wildman–Crippen MR) is 141 cm³/mol. The summed E-state index contributed by atoms with van der Waals surface area (Å²) in [6.07, 6.45) is 9.24. The summed E-state index contributed by atoms with van der Waals surface area (Å²) in [5.74, 6) is 0.379. The molecule has 0 aromatic heterocycles. The van der Waals surface area contributed by atoms with Crippen molar-refractivity contribution in [2.75, 3.05) is 7.05 Å². The Morgan fingerprint density at radius 3 is 2.47 bits per heavy atom. The SMILES string of the molecule is C=C(C)c1ccc(C)cc1-c1c(O)cc(CCCCC)c(CN(C)C(=O)C2CCCCC2)c1O. The van der Waals surface area contributed by atoms with Gasteiger partial charge in [-0.15, -0.1) is 0 Å². The highest BCUT2D eigenvalue weighted by atomic mass is 16.3. The predicted octanol–water partition coefficient (Wildman–Crippen LogP) is 7.38. The number of hydrogen-bond donors (Lipinski definition) is 2. The van der Waals surface area contributed by atoms with Crippen LogP contribution in [0.5, 0.6) is 11.5 Å². The molecule has 1 aliphatic carbocycles. The molecule has 0 heterocycles. The molecule has 1 saturated carbocycles. The monoisotopic (exact) mass is 463 g/mol. The van der Waals surface area contributed by atoms with Crippen LogP contribution in [0.3, 0.4) is 0 Å². The highest BCUT2D eigenvalue weighted by Gasteiger charge is 2.27. The van der Waals surface area contributed by atoms with Crippen LogP contribution < -0.4 is 0 Å². The molecule has 0 aliphatic heterocycles. The van der Waals surface area contributed by atoms with E-state index in [2.05, 4.69) is 13.5 Å². The van der Waals surface area contributed by atoms with Crippen molar-refractivity contribution in [3.63, 3.8) is 0 Å². The van der Waals surface area contributed by atoms with E-state index < -0.39 is 0 Å². The van der Waals surface area contributed by atoms with Gasteiger partial charge in [-0.3, -0.25) is 4.79 Å². The molecule has 2 N–H and O–H groups in total. The molecule has 2 aromatic carbocycles. The zero-order valence-corrected chi connectivity index (χ0v) is 21.4. The van der Waals surface area contributed by atoms with Crippen LogP contribution in [-0.2, 0) is 17.8 Å². The molecular weight excluding hydrogens is 422 g/mol. The molecule has 0 spiro atoms. The Balaban J connectivity index is 2.06. The maximum Gasteiger partial charge on any atom is 0.225 e. The molecule has 0 saturated heterocycles. The van der Waals surface area contributed by atoms with E-state index in [1.165, 1.54) is 6.42 Å². The van der Waals surface area contributed by atoms with Gasteiger partial charge in [-0.05, 0) is 62.3 Å². The van der Waals surface area contributed by atoms with Crippen molar-refractivity contribution in [1.29, 1.82) is 0 Å². The molecule has 1 fully saturated rings. The summed E-state index contributed by atoms with van der Waals surface area (Å²) in [6.45, 7) is 10.5. The largest absolute Gasteiger partial charge is 0.507 e. The first-order valence-electron chi connectivity index (χ1n) is 12.8. The van der Waals surface area contributed by atoms with Gasteiger partial charge in [0.05, 0.1) is 5.56 Å². The summed E-state index contributed by atoms with van der Waals surface area (Å²) in [7, 11) is 1.84. The number of unbranched alkanes of at least 4 members (excludes halogenated alkanes) is 2. The van der Waals surface area contributed by atoms with Gasteiger partial charge < -0.3 is 15.1 Å². The number of hydrogen-bond acceptors (Lipinski definition) is 3. The summed E-state index contributed by atoms with van der Waals surface area (Å²) in [6, 6.07) is 7.78. The summed E-state index contributed by atoms with van der Waals surface area (Å²) in [4.78, 5) is 14.9. The van der Waals surface area contributed by atoms with Crippen molar-refractivity contribution in [3.05, 3.63) is 53.1 Å². The lowest BCUT2D eigenvalue weighted by molar-refractivity contribution is -0.135. The smallest absolute Gasteiger partial charge is 0.225 e. The van der Waals surface area contributed by atoms with E-state index in [1.54, 1.807) is 11.0 Å². The molecule has 3 rings (SSSR count). The van der Waals surface area contributed by atoms with E-state index >= 15 is 0 Å². The Kier molecular flexibility index (Phi) is 8.82. The number of aryl methyl sites for hydroxylation is 2. The molecule has 0 bridgehead atoms. The molecule has 4 heteroatoms. The van der Waals surface area contributed by atoms with Gasteiger partial charge in [0, 0.05) is 25.1 Å². The Labute approximate surface area is 205 Å². The van der Waals surface area contributed by atoms with Crippen LogP contribution in [0.25, 0.3) is 16.7 Å². The molecule has 0 radical (unpaired) electrons. The van der Waals surface area contributed by atoms with Crippen molar-refractivity contribution in [1.82, 2.24) is 4.90 Å². The fourth-order valence-electron chi connectivity index (χ4n) is 5.19. The minimum Gasteiger partial charge on any atom is -0.507 e. The first-order valence-corrected chi connectivity index (χ1v) is 12.8. The zero-order valence-electron chi connectivity index (χ0n) is 21.4. The third kappa shape index (κ3) is 5.84. The minimum atomic E-state index is 0.0714. The van der Waals surface area contributed by atoms with Crippen LogP contribution in [0.4, 0.5) is 0 Å². The van der Waals surface area contributed by atoms with Crippen molar-refractivity contribution in [2.24, 2.45) is 5.92 Å². The van der Waals surface area contributed by atoms with Gasteiger partial charge in [-0.25, -0.2) is 0 Å².